The first-order valence-corrected chi connectivity index (χ1v) is 6.94. The second-order valence-electron chi connectivity index (χ2n) is 5.15. The van der Waals surface area contributed by atoms with Gasteiger partial charge in [0.15, 0.2) is 0 Å². The number of Topliss-reactive ketones (excluding diaryl/α,β-unsaturated/α-hetero) is 1. The van der Waals surface area contributed by atoms with Crippen LogP contribution in [0.5, 0.6) is 0 Å². The van der Waals surface area contributed by atoms with Crippen LogP contribution in [0.1, 0.15) is 38.6 Å². The number of carbonyl (C=O) groups excluding carboxylic acids is 1. The number of carbonyl (C=O) groups is 1. The highest BCUT2D eigenvalue weighted by Crippen LogP contribution is 2.16. The molecule has 1 aromatic rings. The second-order valence-corrected chi connectivity index (χ2v) is 5.15. The van der Waals surface area contributed by atoms with Crippen molar-refractivity contribution in [2.75, 3.05) is 13.1 Å². The van der Waals surface area contributed by atoms with Crippen molar-refractivity contribution in [3.63, 3.8) is 0 Å². The van der Waals surface area contributed by atoms with Crippen molar-refractivity contribution < 1.29 is 4.79 Å². The number of likely N-dealkylation sites (tertiary alicyclic amines) is 1. The lowest BCUT2D eigenvalue weighted by Crippen LogP contribution is -2.39. The molecule has 1 aliphatic rings. The van der Waals surface area contributed by atoms with E-state index >= 15 is 0 Å². The van der Waals surface area contributed by atoms with E-state index in [1.54, 1.807) is 0 Å². The average molecular weight is 249 g/mol. The zero-order valence-corrected chi connectivity index (χ0v) is 11.6. The maximum atomic E-state index is 11.5. The molecule has 0 saturated carbocycles. The van der Waals surface area contributed by atoms with Crippen molar-refractivity contribution in [1.82, 2.24) is 14.7 Å². The summed E-state index contributed by atoms with van der Waals surface area (Å²) in [6.45, 7) is 9.89. The molecule has 1 unspecified atom stereocenters. The summed E-state index contributed by atoms with van der Waals surface area (Å²) in [5, 5.41) is 4.57. The predicted octanol–water partition coefficient (Wildman–Crippen LogP) is 1.88. The molecule has 1 atom stereocenters. The smallest absolute Gasteiger partial charge is 0.138 e. The Labute approximate surface area is 109 Å². The maximum Gasteiger partial charge on any atom is 0.138 e. The lowest BCUT2D eigenvalue weighted by atomic mass is 9.98. The standard InChI is InChI=1S/C14H23N3O/c1-4-12-8-13(17(5-2)15-12)10-16-7-6-14(18)11(3)9-16/h8,11H,4-7,9-10H2,1-3H3. The Balaban J connectivity index is 2.04. The fourth-order valence-corrected chi connectivity index (χ4v) is 2.56. The minimum absolute atomic E-state index is 0.183. The highest BCUT2D eigenvalue weighted by molar-refractivity contribution is 5.81. The van der Waals surface area contributed by atoms with Gasteiger partial charge in [-0.15, -0.1) is 0 Å². The third-order valence-electron chi connectivity index (χ3n) is 3.72. The molecule has 18 heavy (non-hydrogen) atoms. The molecule has 0 bridgehead atoms. The van der Waals surface area contributed by atoms with Crippen LogP contribution in [-0.2, 0) is 24.3 Å². The fraction of sp³-hybridized carbons (Fsp3) is 0.714. The summed E-state index contributed by atoms with van der Waals surface area (Å²) in [5.74, 6) is 0.590. The number of rotatable bonds is 4. The highest BCUT2D eigenvalue weighted by atomic mass is 16.1. The molecule has 2 rings (SSSR count). The third-order valence-corrected chi connectivity index (χ3v) is 3.72. The minimum atomic E-state index is 0.183. The summed E-state index contributed by atoms with van der Waals surface area (Å²) in [5.41, 5.74) is 2.43. The first-order valence-electron chi connectivity index (χ1n) is 6.94. The summed E-state index contributed by atoms with van der Waals surface area (Å²) in [4.78, 5) is 13.9. The van der Waals surface area contributed by atoms with E-state index in [9.17, 15) is 4.79 Å². The van der Waals surface area contributed by atoms with Crippen LogP contribution in [0.15, 0.2) is 6.07 Å². The van der Waals surface area contributed by atoms with Crippen LogP contribution in [-0.4, -0.2) is 33.6 Å². The second kappa shape index (κ2) is 5.65. The van der Waals surface area contributed by atoms with Gasteiger partial charge < -0.3 is 0 Å². The Morgan fingerprint density at radius 2 is 2.22 bits per heavy atom. The summed E-state index contributed by atoms with van der Waals surface area (Å²) in [6, 6.07) is 2.20. The lowest BCUT2D eigenvalue weighted by Gasteiger charge is -2.29. The van der Waals surface area contributed by atoms with E-state index in [1.807, 2.05) is 6.92 Å². The molecule has 4 nitrogen and oxygen atoms in total. The first-order chi connectivity index (χ1) is 8.63. The van der Waals surface area contributed by atoms with Gasteiger partial charge in [0.1, 0.15) is 5.78 Å². The van der Waals surface area contributed by atoms with Crippen LogP contribution in [0.3, 0.4) is 0 Å². The van der Waals surface area contributed by atoms with Crippen molar-refractivity contribution in [1.29, 1.82) is 0 Å². The van der Waals surface area contributed by atoms with Gasteiger partial charge in [0.25, 0.3) is 0 Å². The Kier molecular flexibility index (Phi) is 4.17. The molecule has 100 valence electrons. The topological polar surface area (TPSA) is 38.1 Å². The molecule has 0 spiro atoms. The summed E-state index contributed by atoms with van der Waals surface area (Å²) < 4.78 is 2.08. The predicted molar refractivity (Wildman–Crippen MR) is 71.3 cm³/mol. The molecular weight excluding hydrogens is 226 g/mol. The molecule has 1 aliphatic heterocycles. The third kappa shape index (κ3) is 2.80. The van der Waals surface area contributed by atoms with E-state index in [4.69, 9.17) is 0 Å². The molecule has 0 aromatic carbocycles. The van der Waals surface area contributed by atoms with Gasteiger partial charge >= 0.3 is 0 Å². The molecule has 0 radical (unpaired) electrons. The van der Waals surface area contributed by atoms with Gasteiger partial charge in [0.2, 0.25) is 0 Å². The number of hydrogen-bond donors (Lipinski definition) is 0. The summed E-state index contributed by atoms with van der Waals surface area (Å²) in [7, 11) is 0. The van der Waals surface area contributed by atoms with Crippen molar-refractivity contribution in [2.24, 2.45) is 5.92 Å². The quantitative estimate of drug-likeness (QED) is 0.817. The maximum absolute atomic E-state index is 11.5. The van der Waals surface area contributed by atoms with Gasteiger partial charge in [-0.3, -0.25) is 14.4 Å². The molecule has 0 aliphatic carbocycles. The minimum Gasteiger partial charge on any atom is -0.299 e. The Morgan fingerprint density at radius 3 is 2.83 bits per heavy atom. The Hall–Kier alpha value is -1.16. The van der Waals surface area contributed by atoms with Crippen molar-refractivity contribution in [3.05, 3.63) is 17.5 Å². The molecule has 0 amide bonds. The monoisotopic (exact) mass is 249 g/mol. The van der Waals surface area contributed by atoms with Gasteiger partial charge in [0, 0.05) is 38.5 Å². The molecule has 1 fully saturated rings. The first kappa shape index (κ1) is 13.3. The van der Waals surface area contributed by atoms with E-state index in [1.165, 1.54) is 5.69 Å². The molecular formula is C14H23N3O. The fourth-order valence-electron chi connectivity index (χ4n) is 2.56. The average Bonchev–Trinajstić information content (AvgIpc) is 2.76. The molecule has 1 aromatic heterocycles. The zero-order valence-electron chi connectivity index (χ0n) is 11.6. The lowest BCUT2D eigenvalue weighted by molar-refractivity contribution is -0.125. The van der Waals surface area contributed by atoms with E-state index in [0.717, 1.165) is 38.3 Å². The van der Waals surface area contributed by atoms with Crippen LogP contribution < -0.4 is 0 Å². The van der Waals surface area contributed by atoms with E-state index in [0.29, 0.717) is 12.2 Å². The van der Waals surface area contributed by atoms with Crippen LogP contribution >= 0.6 is 0 Å². The van der Waals surface area contributed by atoms with Crippen LogP contribution in [0, 0.1) is 5.92 Å². The number of hydrogen-bond acceptors (Lipinski definition) is 3. The number of aryl methyl sites for hydroxylation is 2. The van der Waals surface area contributed by atoms with Crippen LogP contribution in [0.2, 0.25) is 0 Å². The molecule has 2 heterocycles. The number of piperidine rings is 1. The van der Waals surface area contributed by atoms with E-state index in [2.05, 4.69) is 34.6 Å². The van der Waals surface area contributed by atoms with Gasteiger partial charge in [-0.05, 0) is 19.4 Å². The van der Waals surface area contributed by atoms with E-state index < -0.39 is 0 Å². The van der Waals surface area contributed by atoms with Crippen molar-refractivity contribution in [2.45, 2.75) is 46.7 Å². The van der Waals surface area contributed by atoms with E-state index in [-0.39, 0.29) is 5.92 Å². The van der Waals surface area contributed by atoms with Crippen molar-refractivity contribution >= 4 is 5.78 Å². The normalized spacial score (nSPS) is 21.5. The summed E-state index contributed by atoms with van der Waals surface area (Å²) in [6.07, 6.45) is 1.68. The molecule has 0 N–H and O–H groups in total. The van der Waals surface area contributed by atoms with Crippen LogP contribution in [0.25, 0.3) is 0 Å². The van der Waals surface area contributed by atoms with Crippen molar-refractivity contribution in [3.8, 4) is 0 Å². The number of nitrogens with zero attached hydrogens (tertiary/aromatic N) is 3. The Morgan fingerprint density at radius 1 is 1.44 bits per heavy atom. The van der Waals surface area contributed by atoms with Gasteiger partial charge in [0.05, 0.1) is 11.4 Å². The Bertz CT molecular complexity index is 425. The SMILES string of the molecule is CCc1cc(CN2CCC(=O)C(C)C2)n(CC)n1. The largest absolute Gasteiger partial charge is 0.299 e. The molecule has 4 heteroatoms. The molecule has 1 saturated heterocycles. The van der Waals surface area contributed by atoms with Gasteiger partial charge in [-0.2, -0.15) is 5.10 Å². The highest BCUT2D eigenvalue weighted by Gasteiger charge is 2.24. The zero-order chi connectivity index (χ0) is 13.1. The number of aromatic nitrogens is 2. The van der Waals surface area contributed by atoms with Crippen LogP contribution in [0.4, 0.5) is 0 Å². The summed E-state index contributed by atoms with van der Waals surface area (Å²) >= 11 is 0. The van der Waals surface area contributed by atoms with Gasteiger partial charge in [-0.1, -0.05) is 13.8 Å². The van der Waals surface area contributed by atoms with Gasteiger partial charge in [-0.25, -0.2) is 0 Å². The number of ketones is 1.